The van der Waals surface area contributed by atoms with Crippen molar-refractivity contribution in [2.75, 3.05) is 44.7 Å². The molecule has 1 aliphatic heterocycles. The average molecular weight is 336 g/mol. The Labute approximate surface area is 148 Å². The molecule has 130 valence electrons. The summed E-state index contributed by atoms with van der Waals surface area (Å²) in [5, 5.41) is 0. The molecule has 2 heterocycles. The molecule has 2 aromatic carbocycles. The van der Waals surface area contributed by atoms with Gasteiger partial charge in [0.15, 0.2) is 0 Å². The lowest BCUT2D eigenvalue weighted by atomic mass is 10.1. The van der Waals surface area contributed by atoms with Gasteiger partial charge in [-0.2, -0.15) is 0 Å². The molecule has 0 bridgehead atoms. The van der Waals surface area contributed by atoms with E-state index in [2.05, 4.69) is 50.1 Å². The van der Waals surface area contributed by atoms with Crippen LogP contribution in [-0.4, -0.2) is 54.7 Å². The molecule has 5 heteroatoms. The fraction of sp³-hybridized carbons (Fsp3) is 0.350. The number of aromatic amines is 1. The van der Waals surface area contributed by atoms with Crippen LogP contribution in [0.15, 0.2) is 48.8 Å². The van der Waals surface area contributed by atoms with Crippen molar-refractivity contribution in [3.63, 3.8) is 0 Å². The summed E-state index contributed by atoms with van der Waals surface area (Å²) in [6.45, 7) is 5.36. The third-order valence-electron chi connectivity index (χ3n) is 5.00. The molecule has 1 saturated heterocycles. The number of ether oxygens (including phenoxy) is 1. The molecular formula is C20H24N4O. The molecule has 0 spiro atoms. The lowest BCUT2D eigenvalue weighted by Crippen LogP contribution is -2.47. The molecule has 0 unspecified atom stereocenters. The number of anilines is 1. The van der Waals surface area contributed by atoms with Crippen molar-refractivity contribution >= 4 is 16.7 Å². The maximum atomic E-state index is 5.50. The zero-order valence-electron chi connectivity index (χ0n) is 14.6. The summed E-state index contributed by atoms with van der Waals surface area (Å²) in [7, 11) is 1.74. The predicted octanol–water partition coefficient (Wildman–Crippen LogP) is 2.94. The second kappa shape index (κ2) is 7.15. The van der Waals surface area contributed by atoms with Crippen LogP contribution in [0.3, 0.4) is 0 Å². The highest BCUT2D eigenvalue weighted by molar-refractivity contribution is 5.75. The summed E-state index contributed by atoms with van der Waals surface area (Å²) < 4.78 is 5.50. The minimum atomic E-state index is 0.962. The Hall–Kier alpha value is -2.53. The zero-order valence-corrected chi connectivity index (χ0v) is 14.6. The number of nitrogens with one attached hydrogen (secondary N) is 1. The third kappa shape index (κ3) is 3.46. The molecule has 25 heavy (non-hydrogen) atoms. The Morgan fingerprint density at radius 1 is 1.08 bits per heavy atom. The molecule has 0 amide bonds. The summed E-state index contributed by atoms with van der Waals surface area (Å²) in [6, 6.07) is 14.8. The van der Waals surface area contributed by atoms with Crippen LogP contribution in [0.4, 0.5) is 5.69 Å². The maximum absolute atomic E-state index is 5.50. The molecule has 1 fully saturated rings. The van der Waals surface area contributed by atoms with Crippen LogP contribution >= 0.6 is 0 Å². The number of H-pyrrole nitrogens is 1. The van der Waals surface area contributed by atoms with Crippen molar-refractivity contribution in [3.8, 4) is 5.75 Å². The van der Waals surface area contributed by atoms with Crippen molar-refractivity contribution in [2.24, 2.45) is 0 Å². The molecule has 0 radical (unpaired) electrons. The number of para-hydroxylation sites is 2. The lowest BCUT2D eigenvalue weighted by molar-refractivity contribution is 0.260. The number of methoxy groups -OCH3 is 1. The van der Waals surface area contributed by atoms with Gasteiger partial charge in [0.1, 0.15) is 5.75 Å². The Bertz CT molecular complexity index is 836. The Morgan fingerprint density at radius 3 is 2.76 bits per heavy atom. The van der Waals surface area contributed by atoms with Gasteiger partial charge in [-0.15, -0.1) is 0 Å². The molecule has 0 atom stereocenters. The molecule has 4 rings (SSSR count). The van der Waals surface area contributed by atoms with Crippen LogP contribution in [0.1, 0.15) is 5.56 Å². The molecule has 1 aliphatic rings. The first-order valence-electron chi connectivity index (χ1n) is 8.86. The van der Waals surface area contributed by atoms with E-state index in [1.165, 1.54) is 11.3 Å². The normalized spacial score (nSPS) is 15.6. The molecule has 5 nitrogen and oxygen atoms in total. The van der Waals surface area contributed by atoms with E-state index in [-0.39, 0.29) is 0 Å². The first kappa shape index (κ1) is 16.0. The molecular weight excluding hydrogens is 312 g/mol. The van der Waals surface area contributed by atoms with Crippen LogP contribution in [0.25, 0.3) is 11.0 Å². The van der Waals surface area contributed by atoms with E-state index < -0.39 is 0 Å². The smallest absolute Gasteiger partial charge is 0.142 e. The lowest BCUT2D eigenvalue weighted by Gasteiger charge is -2.36. The van der Waals surface area contributed by atoms with Gasteiger partial charge < -0.3 is 14.6 Å². The number of benzene rings is 2. The predicted molar refractivity (Wildman–Crippen MR) is 101 cm³/mol. The summed E-state index contributed by atoms with van der Waals surface area (Å²) in [5.41, 5.74) is 4.73. The third-order valence-corrected chi connectivity index (χ3v) is 5.00. The second-order valence-electron chi connectivity index (χ2n) is 6.50. The minimum Gasteiger partial charge on any atom is -0.495 e. The zero-order chi connectivity index (χ0) is 17.1. The van der Waals surface area contributed by atoms with Crippen LogP contribution in [0, 0.1) is 0 Å². The monoisotopic (exact) mass is 336 g/mol. The van der Waals surface area contributed by atoms with Crippen molar-refractivity contribution in [1.82, 2.24) is 14.9 Å². The topological polar surface area (TPSA) is 44.4 Å². The van der Waals surface area contributed by atoms with Gasteiger partial charge in [0, 0.05) is 32.7 Å². The summed E-state index contributed by atoms with van der Waals surface area (Å²) in [5.74, 6) is 0.962. The van der Waals surface area contributed by atoms with Gasteiger partial charge >= 0.3 is 0 Å². The number of piperazine rings is 1. The molecule has 0 aliphatic carbocycles. The highest BCUT2D eigenvalue weighted by atomic mass is 16.5. The van der Waals surface area contributed by atoms with Gasteiger partial charge in [0.05, 0.1) is 30.2 Å². The number of rotatable bonds is 5. The fourth-order valence-corrected chi connectivity index (χ4v) is 3.53. The molecule has 1 aromatic heterocycles. The minimum absolute atomic E-state index is 0.962. The Kier molecular flexibility index (Phi) is 4.57. The van der Waals surface area contributed by atoms with Crippen molar-refractivity contribution in [1.29, 1.82) is 0 Å². The number of hydrogen-bond acceptors (Lipinski definition) is 4. The number of fused-ring (bicyclic) bond motifs is 1. The van der Waals surface area contributed by atoms with Crippen LogP contribution in [0.5, 0.6) is 5.75 Å². The van der Waals surface area contributed by atoms with E-state index in [1.807, 2.05) is 12.1 Å². The van der Waals surface area contributed by atoms with Gasteiger partial charge in [-0.05, 0) is 36.2 Å². The molecule has 0 saturated carbocycles. The number of hydrogen-bond donors (Lipinski definition) is 1. The quantitative estimate of drug-likeness (QED) is 0.778. The average Bonchev–Trinajstić information content (AvgIpc) is 3.14. The molecule has 3 aromatic rings. The standard InChI is InChI=1S/C20H24N4O/c1-25-20-5-3-2-4-19(20)24-12-10-23(11-13-24)9-8-16-6-7-17-18(14-16)22-15-21-17/h2-7,14-15H,8-13H2,1H3,(H,21,22). The highest BCUT2D eigenvalue weighted by Crippen LogP contribution is 2.28. The van der Waals surface area contributed by atoms with Crippen molar-refractivity contribution in [3.05, 3.63) is 54.4 Å². The van der Waals surface area contributed by atoms with E-state index in [9.17, 15) is 0 Å². The Balaban J connectivity index is 1.32. The summed E-state index contributed by atoms with van der Waals surface area (Å²) in [4.78, 5) is 12.4. The Morgan fingerprint density at radius 2 is 1.92 bits per heavy atom. The van der Waals surface area contributed by atoms with Crippen LogP contribution < -0.4 is 9.64 Å². The van der Waals surface area contributed by atoms with E-state index in [4.69, 9.17) is 4.74 Å². The maximum Gasteiger partial charge on any atom is 0.142 e. The van der Waals surface area contributed by atoms with E-state index in [0.717, 1.165) is 55.9 Å². The van der Waals surface area contributed by atoms with E-state index in [0.29, 0.717) is 0 Å². The largest absolute Gasteiger partial charge is 0.495 e. The number of aromatic nitrogens is 2. The van der Waals surface area contributed by atoms with Gasteiger partial charge in [0.2, 0.25) is 0 Å². The van der Waals surface area contributed by atoms with Gasteiger partial charge in [-0.1, -0.05) is 18.2 Å². The van der Waals surface area contributed by atoms with E-state index in [1.54, 1.807) is 13.4 Å². The van der Waals surface area contributed by atoms with Crippen molar-refractivity contribution < 1.29 is 4.74 Å². The number of imidazole rings is 1. The molecule has 1 N–H and O–H groups in total. The van der Waals surface area contributed by atoms with Crippen LogP contribution in [-0.2, 0) is 6.42 Å². The fourth-order valence-electron chi connectivity index (χ4n) is 3.53. The van der Waals surface area contributed by atoms with E-state index >= 15 is 0 Å². The van der Waals surface area contributed by atoms with Crippen molar-refractivity contribution in [2.45, 2.75) is 6.42 Å². The first-order chi connectivity index (χ1) is 12.3. The highest BCUT2D eigenvalue weighted by Gasteiger charge is 2.19. The second-order valence-corrected chi connectivity index (χ2v) is 6.50. The van der Waals surface area contributed by atoms with Gasteiger partial charge in [-0.3, -0.25) is 4.90 Å². The van der Waals surface area contributed by atoms with Gasteiger partial charge in [-0.25, -0.2) is 4.98 Å². The SMILES string of the molecule is COc1ccccc1N1CCN(CCc2ccc3nc[nH]c3c2)CC1. The summed E-state index contributed by atoms with van der Waals surface area (Å²) >= 11 is 0. The summed E-state index contributed by atoms with van der Waals surface area (Å²) in [6.07, 6.45) is 2.83. The number of nitrogens with zero attached hydrogens (tertiary/aromatic N) is 3. The van der Waals surface area contributed by atoms with Crippen LogP contribution in [0.2, 0.25) is 0 Å². The van der Waals surface area contributed by atoms with Gasteiger partial charge in [0.25, 0.3) is 0 Å². The first-order valence-corrected chi connectivity index (χ1v) is 8.86.